The molecule has 0 fully saturated rings. The maximum absolute atomic E-state index is 12.0. The van der Waals surface area contributed by atoms with Gasteiger partial charge in [-0.05, 0) is 19.1 Å². The summed E-state index contributed by atoms with van der Waals surface area (Å²) in [6.07, 6.45) is 0. The molecule has 0 spiro atoms. The topological polar surface area (TPSA) is 85.1 Å². The van der Waals surface area contributed by atoms with Crippen LogP contribution >= 0.6 is 11.3 Å². The van der Waals surface area contributed by atoms with Gasteiger partial charge in [0.25, 0.3) is 0 Å². The number of thiazole rings is 1. The lowest BCUT2D eigenvalue weighted by molar-refractivity contribution is 0.581. The number of anilines is 1. The van der Waals surface area contributed by atoms with E-state index in [1.165, 1.54) is 17.4 Å². The van der Waals surface area contributed by atoms with Gasteiger partial charge in [0, 0.05) is 11.1 Å². The smallest absolute Gasteiger partial charge is 0.242 e. The average molecular weight is 283 g/mol. The fourth-order valence-electron chi connectivity index (χ4n) is 1.44. The van der Waals surface area contributed by atoms with Gasteiger partial charge in [-0.1, -0.05) is 12.1 Å². The van der Waals surface area contributed by atoms with E-state index in [1.807, 2.05) is 12.3 Å². The van der Waals surface area contributed by atoms with Crippen LogP contribution in [0.5, 0.6) is 0 Å². The van der Waals surface area contributed by atoms with Crippen LogP contribution in [0.25, 0.3) is 0 Å². The van der Waals surface area contributed by atoms with E-state index in [-0.39, 0.29) is 17.1 Å². The lowest BCUT2D eigenvalue weighted by Gasteiger charge is -2.07. The summed E-state index contributed by atoms with van der Waals surface area (Å²) in [7, 11) is -3.59. The van der Waals surface area contributed by atoms with Crippen LogP contribution < -0.4 is 10.5 Å². The van der Waals surface area contributed by atoms with E-state index in [2.05, 4.69) is 9.71 Å². The molecule has 5 nitrogen and oxygen atoms in total. The first-order valence-corrected chi connectivity index (χ1v) is 7.60. The number of hydrogen-bond acceptors (Lipinski definition) is 5. The van der Waals surface area contributed by atoms with Gasteiger partial charge in [-0.3, -0.25) is 0 Å². The summed E-state index contributed by atoms with van der Waals surface area (Å²) in [5, 5.41) is 2.60. The number of hydrogen-bond donors (Lipinski definition) is 2. The Balaban J connectivity index is 2.16. The zero-order chi connectivity index (χ0) is 13.2. The number of aromatic nitrogens is 1. The Morgan fingerprint density at radius 1 is 1.39 bits per heavy atom. The molecule has 1 aromatic carbocycles. The maximum Gasteiger partial charge on any atom is 0.242 e. The first-order chi connectivity index (χ1) is 8.49. The van der Waals surface area contributed by atoms with E-state index in [0.29, 0.717) is 0 Å². The molecule has 0 saturated carbocycles. The van der Waals surface area contributed by atoms with Gasteiger partial charge < -0.3 is 5.73 Å². The molecule has 0 aliphatic rings. The Kier molecular flexibility index (Phi) is 3.65. The third-order valence-corrected chi connectivity index (χ3v) is 4.73. The summed E-state index contributed by atoms with van der Waals surface area (Å²) in [4.78, 5) is 4.29. The van der Waals surface area contributed by atoms with Gasteiger partial charge in [0.2, 0.25) is 10.0 Å². The summed E-state index contributed by atoms with van der Waals surface area (Å²) in [5.41, 5.74) is 6.77. The predicted octanol–water partition coefficient (Wildman–Crippen LogP) is 1.51. The number of nitrogen functional groups attached to an aromatic ring is 1. The van der Waals surface area contributed by atoms with Gasteiger partial charge in [0.1, 0.15) is 9.90 Å². The number of aryl methyl sites for hydroxylation is 1. The summed E-state index contributed by atoms with van der Waals surface area (Å²) >= 11 is 1.42. The Hall–Kier alpha value is -1.44. The van der Waals surface area contributed by atoms with Crippen LogP contribution in [-0.2, 0) is 16.6 Å². The van der Waals surface area contributed by atoms with E-state index < -0.39 is 10.0 Å². The molecule has 18 heavy (non-hydrogen) atoms. The molecule has 1 heterocycles. The third-order valence-electron chi connectivity index (χ3n) is 2.29. The molecular weight excluding hydrogens is 270 g/mol. The normalized spacial score (nSPS) is 11.6. The molecule has 0 amide bonds. The zero-order valence-electron chi connectivity index (χ0n) is 9.75. The Labute approximate surface area is 110 Å². The minimum Gasteiger partial charge on any atom is -0.398 e. The molecule has 0 unspecified atom stereocenters. The van der Waals surface area contributed by atoms with Crippen molar-refractivity contribution in [1.82, 2.24) is 9.71 Å². The molecule has 1 aromatic heterocycles. The van der Waals surface area contributed by atoms with Gasteiger partial charge >= 0.3 is 0 Å². The monoisotopic (exact) mass is 283 g/mol. The van der Waals surface area contributed by atoms with Gasteiger partial charge in [0.15, 0.2) is 0 Å². The quantitative estimate of drug-likeness (QED) is 0.833. The second-order valence-corrected chi connectivity index (χ2v) is 6.42. The highest BCUT2D eigenvalue weighted by atomic mass is 32.2. The lowest BCUT2D eigenvalue weighted by Crippen LogP contribution is -2.24. The van der Waals surface area contributed by atoms with Crippen molar-refractivity contribution in [3.63, 3.8) is 0 Å². The minimum atomic E-state index is -3.59. The maximum atomic E-state index is 12.0. The molecule has 7 heteroatoms. The highest BCUT2D eigenvalue weighted by Gasteiger charge is 2.16. The van der Waals surface area contributed by atoms with Crippen molar-refractivity contribution in [3.05, 3.63) is 40.3 Å². The molecule has 0 aliphatic carbocycles. The number of nitrogens with two attached hydrogens (primary N) is 1. The highest BCUT2D eigenvalue weighted by Crippen LogP contribution is 2.17. The summed E-state index contributed by atoms with van der Waals surface area (Å²) in [6.45, 7) is 2.04. The van der Waals surface area contributed by atoms with E-state index >= 15 is 0 Å². The van der Waals surface area contributed by atoms with Crippen molar-refractivity contribution in [2.45, 2.75) is 18.4 Å². The Morgan fingerprint density at radius 2 is 2.11 bits per heavy atom. The number of rotatable bonds is 4. The molecule has 2 aromatic rings. The van der Waals surface area contributed by atoms with Crippen LogP contribution in [0, 0.1) is 6.92 Å². The van der Waals surface area contributed by atoms with E-state index in [9.17, 15) is 8.42 Å². The molecule has 96 valence electrons. The fraction of sp³-hybridized carbons (Fsp3) is 0.182. The standard InChI is InChI=1S/C11H13N3O2S2/c1-8-7-17-11(14-8)6-13-18(15,16)10-5-3-2-4-9(10)12/h2-5,7,13H,6,12H2,1H3. The summed E-state index contributed by atoms with van der Waals surface area (Å²) < 4.78 is 26.5. The summed E-state index contributed by atoms with van der Waals surface area (Å²) in [6, 6.07) is 6.36. The van der Waals surface area contributed by atoms with Crippen LogP contribution in [0.1, 0.15) is 10.7 Å². The molecule has 0 atom stereocenters. The molecule has 0 saturated heterocycles. The van der Waals surface area contributed by atoms with E-state index in [1.54, 1.807) is 18.2 Å². The number of sulfonamides is 1. The first kappa shape index (κ1) is 13.0. The van der Waals surface area contributed by atoms with Crippen LogP contribution in [0.4, 0.5) is 5.69 Å². The van der Waals surface area contributed by atoms with Crippen molar-refractivity contribution >= 4 is 27.0 Å². The highest BCUT2D eigenvalue weighted by molar-refractivity contribution is 7.89. The third kappa shape index (κ3) is 2.87. The SMILES string of the molecule is Cc1csc(CNS(=O)(=O)c2ccccc2N)n1. The Morgan fingerprint density at radius 3 is 2.72 bits per heavy atom. The lowest BCUT2D eigenvalue weighted by atomic mass is 10.3. The van der Waals surface area contributed by atoms with Crippen LogP contribution in [0.2, 0.25) is 0 Å². The van der Waals surface area contributed by atoms with Crippen molar-refractivity contribution in [2.75, 3.05) is 5.73 Å². The largest absolute Gasteiger partial charge is 0.398 e. The van der Waals surface area contributed by atoms with Crippen molar-refractivity contribution in [1.29, 1.82) is 0 Å². The van der Waals surface area contributed by atoms with Gasteiger partial charge in [-0.15, -0.1) is 11.3 Å². The molecule has 0 aliphatic heterocycles. The van der Waals surface area contributed by atoms with Gasteiger partial charge in [-0.25, -0.2) is 18.1 Å². The first-order valence-electron chi connectivity index (χ1n) is 5.24. The van der Waals surface area contributed by atoms with E-state index in [4.69, 9.17) is 5.73 Å². The number of para-hydroxylation sites is 1. The van der Waals surface area contributed by atoms with Gasteiger partial charge in [0.05, 0.1) is 12.2 Å². The van der Waals surface area contributed by atoms with Crippen molar-refractivity contribution in [3.8, 4) is 0 Å². The second kappa shape index (κ2) is 5.05. The van der Waals surface area contributed by atoms with Crippen LogP contribution in [0.3, 0.4) is 0 Å². The van der Waals surface area contributed by atoms with Gasteiger partial charge in [-0.2, -0.15) is 0 Å². The molecule has 2 rings (SSSR count). The second-order valence-electron chi connectivity index (χ2n) is 3.75. The Bertz CT molecular complexity index is 650. The molecule has 3 N–H and O–H groups in total. The average Bonchev–Trinajstić information content (AvgIpc) is 2.73. The molecule has 0 bridgehead atoms. The zero-order valence-corrected chi connectivity index (χ0v) is 11.4. The molecule has 0 radical (unpaired) electrons. The van der Waals surface area contributed by atoms with Crippen LogP contribution in [0.15, 0.2) is 34.5 Å². The van der Waals surface area contributed by atoms with E-state index in [0.717, 1.165) is 10.7 Å². The minimum absolute atomic E-state index is 0.0956. The van der Waals surface area contributed by atoms with Crippen molar-refractivity contribution < 1.29 is 8.42 Å². The number of nitrogens with one attached hydrogen (secondary N) is 1. The summed E-state index contributed by atoms with van der Waals surface area (Å²) in [5.74, 6) is 0. The predicted molar refractivity (Wildman–Crippen MR) is 71.7 cm³/mol. The fourth-order valence-corrected chi connectivity index (χ4v) is 3.36. The molecular formula is C11H13N3O2S2. The number of nitrogens with zero attached hydrogens (tertiary/aromatic N) is 1. The van der Waals surface area contributed by atoms with Crippen molar-refractivity contribution in [2.24, 2.45) is 0 Å². The number of benzene rings is 1. The van der Waals surface area contributed by atoms with Crippen LogP contribution in [-0.4, -0.2) is 13.4 Å².